The lowest BCUT2D eigenvalue weighted by atomic mass is 9.47. The second kappa shape index (κ2) is 6.92. The Labute approximate surface area is 241 Å². The number of rotatable bonds is 0. The number of nitrogens with zero attached hydrogens (tertiary/aromatic N) is 3. The molecule has 2 aliphatic rings. The molecule has 0 aliphatic heterocycles. The van der Waals surface area contributed by atoms with Crippen molar-refractivity contribution in [2.45, 2.75) is 77.0 Å². The highest BCUT2D eigenvalue weighted by molar-refractivity contribution is 6.28. The first-order valence-electron chi connectivity index (χ1n) is 14.6. The van der Waals surface area contributed by atoms with Crippen molar-refractivity contribution in [2.24, 2.45) is 0 Å². The molecule has 4 aromatic carbocycles. The zero-order valence-electron chi connectivity index (χ0n) is 25.0. The van der Waals surface area contributed by atoms with Gasteiger partial charge < -0.3 is 4.40 Å². The molecule has 0 N–H and O–H groups in total. The summed E-state index contributed by atoms with van der Waals surface area (Å²) in [5, 5.41) is 24.7. The minimum Gasteiger partial charge on any atom is -0.308 e. The average molecular weight is 532 g/mol. The number of hydrogen-bond acceptors (Lipinski definition) is 2. The highest BCUT2D eigenvalue weighted by atomic mass is 14.9. The maximum absolute atomic E-state index is 9.89. The van der Waals surface area contributed by atoms with Gasteiger partial charge in [0.25, 0.3) is 0 Å². The first-order valence-corrected chi connectivity index (χ1v) is 14.6. The molecule has 2 heterocycles. The topological polar surface area (TPSA) is 52.0 Å². The van der Waals surface area contributed by atoms with Crippen molar-refractivity contribution in [1.29, 1.82) is 10.5 Å². The van der Waals surface area contributed by atoms with E-state index in [1.165, 1.54) is 60.4 Å². The van der Waals surface area contributed by atoms with E-state index >= 15 is 0 Å². The van der Waals surface area contributed by atoms with Crippen LogP contribution in [0.1, 0.15) is 88.8 Å². The number of hydrogen-bond donors (Lipinski definition) is 0. The van der Waals surface area contributed by atoms with E-state index in [4.69, 9.17) is 0 Å². The van der Waals surface area contributed by atoms with Gasteiger partial charge in [-0.1, -0.05) is 85.7 Å². The number of aromatic nitrogens is 1. The van der Waals surface area contributed by atoms with Crippen LogP contribution in [0.5, 0.6) is 0 Å². The van der Waals surface area contributed by atoms with Crippen molar-refractivity contribution in [1.82, 2.24) is 4.40 Å². The molecule has 41 heavy (non-hydrogen) atoms. The molecule has 0 saturated carbocycles. The van der Waals surface area contributed by atoms with Gasteiger partial charge in [0.1, 0.15) is 0 Å². The summed E-state index contributed by atoms with van der Waals surface area (Å²) in [5.74, 6) is 0. The van der Waals surface area contributed by atoms with Crippen LogP contribution < -0.4 is 0 Å². The summed E-state index contributed by atoms with van der Waals surface area (Å²) in [4.78, 5) is 0. The van der Waals surface area contributed by atoms with Crippen molar-refractivity contribution in [3.8, 4) is 23.3 Å². The largest absolute Gasteiger partial charge is 0.308 e. The fraction of sp³-hybridized carbons (Fsp3) is 0.316. The SMILES string of the molecule is CC1(C)c2cccc3c2-c2c(c4c5ccc(C#N)cc5n5c6cc(C#N)ccc6c(c2C(C)(C)C3(C)C)c45)C1(C)C. The quantitative estimate of drug-likeness (QED) is 0.196. The Kier molecular flexibility index (Phi) is 4.13. The first-order chi connectivity index (χ1) is 19.3. The van der Waals surface area contributed by atoms with Crippen molar-refractivity contribution < 1.29 is 0 Å². The molecular formula is C38H33N3. The van der Waals surface area contributed by atoms with Crippen LogP contribution in [0.3, 0.4) is 0 Å². The Balaban J connectivity index is 1.81. The van der Waals surface area contributed by atoms with Crippen LogP contribution in [-0.4, -0.2) is 4.40 Å². The maximum atomic E-state index is 9.89. The minimum atomic E-state index is -0.182. The van der Waals surface area contributed by atoms with Crippen LogP contribution in [0.15, 0.2) is 54.6 Å². The Morgan fingerprint density at radius 3 is 1.41 bits per heavy atom. The smallest absolute Gasteiger partial charge is 0.0992 e. The fourth-order valence-corrected chi connectivity index (χ4v) is 8.51. The van der Waals surface area contributed by atoms with Crippen molar-refractivity contribution >= 4 is 38.1 Å². The lowest BCUT2D eigenvalue weighted by Crippen LogP contribution is -2.50. The summed E-state index contributed by atoms with van der Waals surface area (Å²) in [6.45, 7) is 19.4. The van der Waals surface area contributed by atoms with Crippen molar-refractivity contribution in [2.75, 3.05) is 0 Å². The van der Waals surface area contributed by atoms with Crippen molar-refractivity contribution in [3.63, 3.8) is 0 Å². The first kappa shape index (κ1) is 24.5. The van der Waals surface area contributed by atoms with E-state index in [-0.39, 0.29) is 21.7 Å². The van der Waals surface area contributed by atoms with Gasteiger partial charge in [0.2, 0.25) is 0 Å². The van der Waals surface area contributed by atoms with Gasteiger partial charge in [-0.3, -0.25) is 0 Å². The molecule has 0 unspecified atom stereocenters. The van der Waals surface area contributed by atoms with Gasteiger partial charge >= 0.3 is 0 Å². The molecule has 0 fully saturated rings. The van der Waals surface area contributed by atoms with E-state index in [9.17, 15) is 10.5 Å². The molecule has 0 amide bonds. The predicted octanol–water partition coefficient (Wildman–Crippen LogP) is 9.38. The standard InChI is InChI=1S/C38H33N3/c1-35(2)24-10-9-11-25-30(24)31-32(37(35,5)6)28-22-14-12-20(18-39)16-26(22)41-27-17-21(19-40)13-15-23(27)29(34(28)41)33(31)38(7,8)36(25,3)4/h9-17H,1-8H3. The summed E-state index contributed by atoms with van der Waals surface area (Å²) >= 11 is 0. The summed E-state index contributed by atoms with van der Waals surface area (Å²) < 4.78 is 2.36. The van der Waals surface area contributed by atoms with E-state index in [1.54, 1.807) is 0 Å². The van der Waals surface area contributed by atoms with E-state index < -0.39 is 0 Å². The number of nitriles is 2. The molecule has 2 aromatic heterocycles. The highest BCUT2D eigenvalue weighted by Gasteiger charge is 2.56. The van der Waals surface area contributed by atoms with Gasteiger partial charge in [0.05, 0.1) is 39.8 Å². The van der Waals surface area contributed by atoms with Gasteiger partial charge in [0, 0.05) is 32.4 Å². The molecule has 200 valence electrons. The van der Waals surface area contributed by atoms with E-state index in [1.807, 2.05) is 24.3 Å². The summed E-state index contributed by atoms with van der Waals surface area (Å²) in [6.07, 6.45) is 0. The van der Waals surface area contributed by atoms with Crippen LogP contribution in [0.2, 0.25) is 0 Å². The molecule has 0 atom stereocenters. The van der Waals surface area contributed by atoms with Gasteiger partial charge in [0.15, 0.2) is 0 Å². The summed E-state index contributed by atoms with van der Waals surface area (Å²) in [5.41, 5.74) is 12.5. The lowest BCUT2D eigenvalue weighted by molar-refractivity contribution is 0.279. The molecule has 3 heteroatoms. The molecule has 3 nitrogen and oxygen atoms in total. The summed E-state index contributed by atoms with van der Waals surface area (Å²) in [7, 11) is 0. The van der Waals surface area contributed by atoms with Gasteiger partial charge in [-0.25, -0.2) is 0 Å². The number of fused-ring (bicyclic) bond motifs is 8. The Hall–Kier alpha value is -4.34. The second-order valence-electron chi connectivity index (χ2n) is 14.5. The molecule has 0 saturated heterocycles. The van der Waals surface area contributed by atoms with Crippen LogP contribution in [0.4, 0.5) is 0 Å². The van der Waals surface area contributed by atoms with E-state index in [0.29, 0.717) is 11.1 Å². The Morgan fingerprint density at radius 2 is 1.00 bits per heavy atom. The highest BCUT2D eigenvalue weighted by Crippen LogP contribution is 2.66. The minimum absolute atomic E-state index is 0.121. The monoisotopic (exact) mass is 531 g/mol. The predicted molar refractivity (Wildman–Crippen MR) is 168 cm³/mol. The molecule has 0 bridgehead atoms. The fourth-order valence-electron chi connectivity index (χ4n) is 8.51. The average Bonchev–Trinajstić information content (AvgIpc) is 3.45. The normalized spacial score (nSPS) is 19.0. The molecular weight excluding hydrogens is 498 g/mol. The van der Waals surface area contributed by atoms with E-state index in [0.717, 1.165) is 11.0 Å². The van der Waals surface area contributed by atoms with Crippen LogP contribution in [0, 0.1) is 22.7 Å². The third kappa shape index (κ3) is 2.40. The third-order valence-electron chi connectivity index (χ3n) is 12.0. The van der Waals surface area contributed by atoms with Gasteiger partial charge in [-0.15, -0.1) is 0 Å². The van der Waals surface area contributed by atoms with Gasteiger partial charge in [-0.2, -0.15) is 10.5 Å². The van der Waals surface area contributed by atoms with Crippen LogP contribution in [-0.2, 0) is 21.7 Å². The van der Waals surface area contributed by atoms with Crippen LogP contribution in [0.25, 0.3) is 49.2 Å². The Morgan fingerprint density at radius 1 is 0.561 bits per heavy atom. The molecule has 8 rings (SSSR count). The van der Waals surface area contributed by atoms with Crippen molar-refractivity contribution in [3.05, 3.63) is 88.0 Å². The molecule has 2 aliphatic carbocycles. The Bertz CT molecular complexity index is 2120. The lowest BCUT2D eigenvalue weighted by Gasteiger charge is -2.56. The van der Waals surface area contributed by atoms with Gasteiger partial charge in [-0.05, 0) is 68.5 Å². The molecule has 0 radical (unpaired) electrons. The zero-order valence-corrected chi connectivity index (χ0v) is 25.0. The number of benzene rings is 4. The van der Waals surface area contributed by atoms with Crippen LogP contribution >= 0.6 is 0 Å². The molecule has 0 spiro atoms. The second-order valence-corrected chi connectivity index (χ2v) is 14.5. The maximum Gasteiger partial charge on any atom is 0.0992 e. The zero-order chi connectivity index (χ0) is 29.0. The molecule has 6 aromatic rings. The van der Waals surface area contributed by atoms with E-state index in [2.05, 4.69) is 102 Å². The third-order valence-corrected chi connectivity index (χ3v) is 12.0. The summed E-state index contributed by atoms with van der Waals surface area (Å²) in [6, 6.07) is 24.0.